The van der Waals surface area contributed by atoms with Crippen LogP contribution >= 0.6 is 0 Å². The lowest BCUT2D eigenvalue weighted by atomic mass is 9.97. The minimum atomic E-state index is 0.185. The lowest BCUT2D eigenvalue weighted by Gasteiger charge is -2.30. The molecule has 1 N–H and O–H groups in total. The predicted molar refractivity (Wildman–Crippen MR) is 54.2 cm³/mol. The van der Waals surface area contributed by atoms with E-state index in [1.807, 2.05) is 0 Å². The van der Waals surface area contributed by atoms with E-state index in [1.165, 1.54) is 12.8 Å². The van der Waals surface area contributed by atoms with Crippen molar-refractivity contribution in [3.63, 3.8) is 0 Å². The third-order valence-electron chi connectivity index (χ3n) is 3.14. The summed E-state index contributed by atoms with van der Waals surface area (Å²) in [5, 5.41) is 12.5. The van der Waals surface area contributed by atoms with Crippen molar-refractivity contribution in [2.75, 3.05) is 0 Å². The molecule has 1 aliphatic rings. The molecule has 2 heteroatoms. The van der Waals surface area contributed by atoms with Crippen LogP contribution in [0.4, 0.5) is 0 Å². The molecule has 0 bridgehead atoms. The van der Waals surface area contributed by atoms with Crippen LogP contribution in [0.25, 0.3) is 0 Å². The van der Waals surface area contributed by atoms with Crippen molar-refractivity contribution in [3.8, 4) is 6.07 Å². The fraction of sp³-hybridized carbons (Fsp3) is 0.909. The van der Waals surface area contributed by atoms with Crippen LogP contribution in [0.2, 0.25) is 0 Å². The minimum absolute atomic E-state index is 0.185. The molecule has 0 heterocycles. The van der Waals surface area contributed by atoms with Crippen molar-refractivity contribution >= 4 is 0 Å². The number of nitrogens with zero attached hydrogens (tertiary/aromatic N) is 1. The van der Waals surface area contributed by atoms with Gasteiger partial charge in [-0.1, -0.05) is 13.3 Å². The third-order valence-corrected chi connectivity index (χ3v) is 3.14. The van der Waals surface area contributed by atoms with Gasteiger partial charge in [0.05, 0.1) is 12.0 Å². The summed E-state index contributed by atoms with van der Waals surface area (Å²) in [6, 6.07) is 2.83. The molecule has 0 saturated heterocycles. The van der Waals surface area contributed by atoms with Gasteiger partial charge in [0.2, 0.25) is 0 Å². The van der Waals surface area contributed by atoms with Crippen LogP contribution in [0, 0.1) is 17.2 Å². The minimum Gasteiger partial charge on any atom is -0.308 e. The molecule has 1 aliphatic carbocycles. The molecule has 0 spiro atoms. The molecule has 0 aromatic heterocycles. The molecular weight excluding hydrogens is 160 g/mol. The molecule has 1 saturated carbocycles. The maximum atomic E-state index is 8.92. The zero-order valence-electron chi connectivity index (χ0n) is 8.93. The molecule has 1 rings (SSSR count). The Hall–Kier alpha value is -0.550. The van der Waals surface area contributed by atoms with Gasteiger partial charge in [0.15, 0.2) is 0 Å². The Morgan fingerprint density at radius 2 is 2.15 bits per heavy atom. The van der Waals surface area contributed by atoms with Gasteiger partial charge in [0.25, 0.3) is 0 Å². The number of nitrogens with one attached hydrogen (secondary N) is 1. The summed E-state index contributed by atoms with van der Waals surface area (Å²) in [6.45, 7) is 6.60. The molecule has 0 amide bonds. The third kappa shape index (κ3) is 2.70. The van der Waals surface area contributed by atoms with Crippen molar-refractivity contribution < 1.29 is 0 Å². The van der Waals surface area contributed by atoms with E-state index < -0.39 is 0 Å². The Bertz CT molecular complexity index is 203. The van der Waals surface area contributed by atoms with Gasteiger partial charge in [-0.25, -0.2) is 0 Å². The highest BCUT2D eigenvalue weighted by Gasteiger charge is 2.30. The smallest absolute Gasteiger partial charge is 0.0672 e. The zero-order chi connectivity index (χ0) is 9.90. The first-order valence-electron chi connectivity index (χ1n) is 5.26. The number of rotatable bonds is 3. The molecule has 2 unspecified atom stereocenters. The number of hydrogen-bond donors (Lipinski definition) is 1. The van der Waals surface area contributed by atoms with Gasteiger partial charge in [-0.2, -0.15) is 5.26 Å². The van der Waals surface area contributed by atoms with Gasteiger partial charge in [-0.3, -0.25) is 0 Å². The van der Waals surface area contributed by atoms with E-state index in [0.717, 1.165) is 12.8 Å². The van der Waals surface area contributed by atoms with E-state index in [0.29, 0.717) is 6.04 Å². The van der Waals surface area contributed by atoms with Gasteiger partial charge in [0, 0.05) is 11.6 Å². The Morgan fingerprint density at radius 3 is 2.69 bits per heavy atom. The van der Waals surface area contributed by atoms with Crippen molar-refractivity contribution in [1.82, 2.24) is 5.32 Å². The first kappa shape index (κ1) is 10.5. The molecule has 13 heavy (non-hydrogen) atoms. The lowest BCUT2D eigenvalue weighted by Crippen LogP contribution is -2.46. The molecular formula is C11H20N2. The molecule has 0 radical (unpaired) electrons. The van der Waals surface area contributed by atoms with Crippen LogP contribution < -0.4 is 5.32 Å². The van der Waals surface area contributed by atoms with E-state index in [4.69, 9.17) is 5.26 Å². The first-order chi connectivity index (χ1) is 6.09. The van der Waals surface area contributed by atoms with E-state index in [2.05, 4.69) is 32.2 Å². The predicted octanol–water partition coefficient (Wildman–Crippen LogP) is 2.46. The van der Waals surface area contributed by atoms with Crippen LogP contribution in [-0.2, 0) is 0 Å². The normalized spacial score (nSPS) is 28.8. The topological polar surface area (TPSA) is 35.8 Å². The van der Waals surface area contributed by atoms with Gasteiger partial charge in [-0.05, 0) is 33.1 Å². The average molecular weight is 180 g/mol. The molecule has 2 nitrogen and oxygen atoms in total. The van der Waals surface area contributed by atoms with Crippen molar-refractivity contribution in [1.29, 1.82) is 5.26 Å². The molecule has 0 aromatic carbocycles. The highest BCUT2D eigenvalue weighted by atomic mass is 15.0. The van der Waals surface area contributed by atoms with Crippen LogP contribution in [-0.4, -0.2) is 11.6 Å². The summed E-state index contributed by atoms with van der Waals surface area (Å²) in [5.74, 6) is 0.242. The molecule has 0 aromatic rings. The highest BCUT2D eigenvalue weighted by Crippen LogP contribution is 2.27. The zero-order valence-corrected chi connectivity index (χ0v) is 8.93. The van der Waals surface area contributed by atoms with E-state index in [9.17, 15) is 0 Å². The monoisotopic (exact) mass is 180 g/mol. The average Bonchev–Trinajstić information content (AvgIpc) is 2.51. The second-order valence-electron chi connectivity index (χ2n) is 4.65. The van der Waals surface area contributed by atoms with Gasteiger partial charge >= 0.3 is 0 Å². The number of nitriles is 1. The maximum Gasteiger partial charge on any atom is 0.0672 e. The second kappa shape index (κ2) is 4.11. The summed E-state index contributed by atoms with van der Waals surface area (Å²) in [5.41, 5.74) is 0.185. The second-order valence-corrected chi connectivity index (χ2v) is 4.65. The van der Waals surface area contributed by atoms with E-state index in [-0.39, 0.29) is 11.5 Å². The van der Waals surface area contributed by atoms with Gasteiger partial charge in [0.1, 0.15) is 0 Å². The van der Waals surface area contributed by atoms with Crippen LogP contribution in [0.5, 0.6) is 0 Å². The Kier molecular flexibility index (Phi) is 3.33. The van der Waals surface area contributed by atoms with Gasteiger partial charge < -0.3 is 5.32 Å². The molecule has 2 atom stereocenters. The quantitative estimate of drug-likeness (QED) is 0.724. The Balaban J connectivity index is 2.49. The Morgan fingerprint density at radius 1 is 1.46 bits per heavy atom. The summed E-state index contributed by atoms with van der Waals surface area (Å²) in [6.07, 6.45) is 4.56. The molecule has 0 aliphatic heterocycles. The maximum absolute atomic E-state index is 8.92. The van der Waals surface area contributed by atoms with Crippen LogP contribution in [0.3, 0.4) is 0 Å². The van der Waals surface area contributed by atoms with Crippen molar-refractivity contribution in [2.45, 2.75) is 58.0 Å². The van der Waals surface area contributed by atoms with Crippen LogP contribution in [0.1, 0.15) is 46.5 Å². The van der Waals surface area contributed by atoms with Crippen molar-refractivity contribution in [3.05, 3.63) is 0 Å². The van der Waals surface area contributed by atoms with Gasteiger partial charge in [-0.15, -0.1) is 0 Å². The standard InChI is InChI=1S/C11H20N2/c1-4-11(2,3)13-10-7-5-6-9(10)8-12/h9-10,13H,4-7H2,1-3H3. The fourth-order valence-corrected chi connectivity index (χ4v) is 1.89. The summed E-state index contributed by atoms with van der Waals surface area (Å²) in [4.78, 5) is 0. The van der Waals surface area contributed by atoms with Crippen molar-refractivity contribution in [2.24, 2.45) is 5.92 Å². The van der Waals surface area contributed by atoms with E-state index >= 15 is 0 Å². The molecule has 1 fully saturated rings. The van der Waals surface area contributed by atoms with Crippen LogP contribution in [0.15, 0.2) is 0 Å². The highest BCUT2D eigenvalue weighted by molar-refractivity contribution is 4.98. The number of hydrogen-bond acceptors (Lipinski definition) is 2. The fourth-order valence-electron chi connectivity index (χ4n) is 1.89. The summed E-state index contributed by atoms with van der Waals surface area (Å²) < 4.78 is 0. The summed E-state index contributed by atoms with van der Waals surface area (Å²) in [7, 11) is 0. The largest absolute Gasteiger partial charge is 0.308 e. The SMILES string of the molecule is CCC(C)(C)NC1CCCC1C#N. The Labute approximate surface area is 81.3 Å². The lowest BCUT2D eigenvalue weighted by molar-refractivity contribution is 0.305. The summed E-state index contributed by atoms with van der Waals surface area (Å²) >= 11 is 0. The molecule has 74 valence electrons. The first-order valence-corrected chi connectivity index (χ1v) is 5.26. The van der Waals surface area contributed by atoms with E-state index in [1.54, 1.807) is 0 Å².